The number of fused-ring (bicyclic) bond motifs is 1. The summed E-state index contributed by atoms with van der Waals surface area (Å²) < 4.78 is 5.93. The number of thiophene rings is 1. The lowest BCUT2D eigenvalue weighted by Gasteiger charge is -2.32. The third kappa shape index (κ3) is 4.04. The fraction of sp³-hybridized carbons (Fsp3) is 0.227. The molecule has 4 nitrogen and oxygen atoms in total. The molecule has 1 aromatic heterocycles. The fourth-order valence-corrected chi connectivity index (χ4v) is 4.39. The van der Waals surface area contributed by atoms with Crippen LogP contribution in [-0.2, 0) is 11.2 Å². The third-order valence-electron chi connectivity index (χ3n) is 4.88. The van der Waals surface area contributed by atoms with Gasteiger partial charge in [-0.1, -0.05) is 30.3 Å². The van der Waals surface area contributed by atoms with Gasteiger partial charge in [-0.2, -0.15) is 0 Å². The van der Waals surface area contributed by atoms with Crippen molar-refractivity contribution in [3.63, 3.8) is 0 Å². The molecular weight excluding hydrogens is 356 g/mol. The first-order valence-electron chi connectivity index (χ1n) is 9.13. The van der Waals surface area contributed by atoms with Crippen LogP contribution in [0.25, 0.3) is 0 Å². The van der Waals surface area contributed by atoms with Crippen LogP contribution in [0.3, 0.4) is 0 Å². The topological polar surface area (TPSA) is 41.6 Å². The van der Waals surface area contributed by atoms with Crippen LogP contribution < -0.4 is 10.1 Å². The van der Waals surface area contributed by atoms with Crippen LogP contribution in [0.1, 0.15) is 23.4 Å². The van der Waals surface area contributed by atoms with Crippen molar-refractivity contribution < 1.29 is 9.53 Å². The lowest BCUT2D eigenvalue weighted by molar-refractivity contribution is -0.117. The highest BCUT2D eigenvalue weighted by molar-refractivity contribution is 7.10. The van der Waals surface area contributed by atoms with Gasteiger partial charge in [-0.15, -0.1) is 11.3 Å². The lowest BCUT2D eigenvalue weighted by atomic mass is 10.0. The number of para-hydroxylation sites is 3. The zero-order chi connectivity index (χ0) is 18.6. The minimum Gasteiger partial charge on any atom is -0.455 e. The summed E-state index contributed by atoms with van der Waals surface area (Å²) in [4.78, 5) is 16.3. The second-order valence-electron chi connectivity index (χ2n) is 6.66. The van der Waals surface area contributed by atoms with Crippen molar-refractivity contribution in [3.8, 4) is 11.5 Å². The molecule has 5 heteroatoms. The SMILES string of the molecule is C[C@@H]1c2ccsc2CCN1CC(=O)Nc1ccccc1Oc1ccccc1. The van der Waals surface area contributed by atoms with Crippen LogP contribution in [0, 0.1) is 0 Å². The van der Waals surface area contributed by atoms with E-state index in [4.69, 9.17) is 4.74 Å². The smallest absolute Gasteiger partial charge is 0.238 e. The Kier molecular flexibility index (Phi) is 5.23. The van der Waals surface area contributed by atoms with Crippen molar-refractivity contribution in [2.75, 3.05) is 18.4 Å². The molecule has 1 N–H and O–H groups in total. The summed E-state index contributed by atoms with van der Waals surface area (Å²) >= 11 is 1.81. The van der Waals surface area contributed by atoms with Gasteiger partial charge in [0.2, 0.25) is 5.91 Å². The number of nitrogens with zero attached hydrogens (tertiary/aromatic N) is 1. The highest BCUT2D eigenvalue weighted by atomic mass is 32.1. The molecule has 1 aliphatic rings. The van der Waals surface area contributed by atoms with Crippen molar-refractivity contribution >= 4 is 22.9 Å². The monoisotopic (exact) mass is 378 g/mol. The minimum atomic E-state index is -0.0235. The number of amides is 1. The van der Waals surface area contributed by atoms with Gasteiger partial charge in [-0.25, -0.2) is 0 Å². The number of carbonyl (C=O) groups excluding carboxylic acids is 1. The number of rotatable bonds is 5. The van der Waals surface area contributed by atoms with E-state index in [9.17, 15) is 4.79 Å². The van der Waals surface area contributed by atoms with Gasteiger partial charge in [0.1, 0.15) is 5.75 Å². The molecule has 0 fully saturated rings. The maximum Gasteiger partial charge on any atom is 0.238 e. The number of carbonyl (C=O) groups is 1. The average Bonchev–Trinajstić information content (AvgIpc) is 3.16. The van der Waals surface area contributed by atoms with Gasteiger partial charge in [-0.3, -0.25) is 9.69 Å². The fourth-order valence-electron chi connectivity index (χ4n) is 3.43. The van der Waals surface area contributed by atoms with Gasteiger partial charge in [0.15, 0.2) is 5.75 Å². The Morgan fingerprint density at radius 2 is 1.93 bits per heavy atom. The lowest BCUT2D eigenvalue weighted by Crippen LogP contribution is -2.39. The molecule has 0 bridgehead atoms. The first-order valence-corrected chi connectivity index (χ1v) is 10.0. The number of anilines is 1. The molecule has 1 atom stereocenters. The second-order valence-corrected chi connectivity index (χ2v) is 7.66. The Hall–Kier alpha value is -2.63. The van der Waals surface area contributed by atoms with Crippen molar-refractivity contribution in [2.45, 2.75) is 19.4 Å². The molecular formula is C22H22N2O2S. The molecule has 138 valence electrons. The average molecular weight is 378 g/mol. The normalized spacial score (nSPS) is 16.6. The van der Waals surface area contributed by atoms with Gasteiger partial charge in [0.05, 0.1) is 12.2 Å². The van der Waals surface area contributed by atoms with Gasteiger partial charge in [0, 0.05) is 17.5 Å². The Bertz CT molecular complexity index is 923. The summed E-state index contributed by atoms with van der Waals surface area (Å²) in [5.41, 5.74) is 2.04. The molecule has 0 saturated heterocycles. The van der Waals surface area contributed by atoms with Crippen LogP contribution >= 0.6 is 11.3 Å². The second kappa shape index (κ2) is 7.94. The Balaban J connectivity index is 1.43. The molecule has 2 heterocycles. The van der Waals surface area contributed by atoms with Gasteiger partial charge in [0.25, 0.3) is 0 Å². The van der Waals surface area contributed by atoms with Crippen molar-refractivity contribution in [2.24, 2.45) is 0 Å². The van der Waals surface area contributed by atoms with Gasteiger partial charge in [-0.05, 0) is 54.6 Å². The quantitative estimate of drug-likeness (QED) is 0.672. The van der Waals surface area contributed by atoms with Gasteiger partial charge < -0.3 is 10.1 Å². The molecule has 0 aliphatic carbocycles. The molecule has 27 heavy (non-hydrogen) atoms. The van der Waals surface area contributed by atoms with E-state index in [1.807, 2.05) is 65.9 Å². The number of nitrogens with one attached hydrogen (secondary N) is 1. The predicted octanol–water partition coefficient (Wildman–Crippen LogP) is 5.10. The summed E-state index contributed by atoms with van der Waals surface area (Å²) in [6.45, 7) is 3.45. The van der Waals surface area contributed by atoms with E-state index in [0.717, 1.165) is 18.7 Å². The Labute approximate surface area is 163 Å². The maximum absolute atomic E-state index is 12.7. The first-order chi connectivity index (χ1) is 13.2. The van der Waals surface area contributed by atoms with Crippen molar-refractivity contribution in [3.05, 3.63) is 76.5 Å². The summed E-state index contributed by atoms with van der Waals surface area (Å²) in [6.07, 6.45) is 1.01. The number of hydrogen-bond acceptors (Lipinski definition) is 4. The molecule has 0 unspecified atom stereocenters. The third-order valence-corrected chi connectivity index (χ3v) is 5.88. The summed E-state index contributed by atoms with van der Waals surface area (Å²) in [6, 6.07) is 19.6. The molecule has 0 radical (unpaired) electrons. The molecule has 0 spiro atoms. The molecule has 4 rings (SSSR count). The van der Waals surface area contributed by atoms with E-state index in [1.165, 1.54) is 10.4 Å². The standard InChI is InChI=1S/C22H22N2O2S/c1-16-18-12-14-27-21(18)11-13-24(16)15-22(25)23-19-9-5-6-10-20(19)26-17-7-3-2-4-8-17/h2-10,12,14,16H,11,13,15H2,1H3,(H,23,25)/t16-/m1/s1. The first kappa shape index (κ1) is 17.8. The van der Waals surface area contributed by atoms with Crippen LogP contribution in [0.15, 0.2) is 66.0 Å². The van der Waals surface area contributed by atoms with Crippen LogP contribution in [0.5, 0.6) is 11.5 Å². The molecule has 2 aromatic carbocycles. The van der Waals surface area contributed by atoms with Crippen molar-refractivity contribution in [1.29, 1.82) is 0 Å². The van der Waals surface area contributed by atoms with Gasteiger partial charge >= 0.3 is 0 Å². The number of benzene rings is 2. The van der Waals surface area contributed by atoms with E-state index in [1.54, 1.807) is 0 Å². The molecule has 0 saturated carbocycles. The van der Waals surface area contributed by atoms with E-state index in [2.05, 4.69) is 28.6 Å². The zero-order valence-corrected chi connectivity index (χ0v) is 16.0. The van der Waals surface area contributed by atoms with Crippen LogP contribution in [0.2, 0.25) is 0 Å². The minimum absolute atomic E-state index is 0.0235. The molecule has 3 aromatic rings. The van der Waals surface area contributed by atoms with E-state index >= 15 is 0 Å². The Morgan fingerprint density at radius 1 is 1.15 bits per heavy atom. The Morgan fingerprint density at radius 3 is 2.78 bits per heavy atom. The van der Waals surface area contributed by atoms with Crippen LogP contribution in [-0.4, -0.2) is 23.9 Å². The summed E-state index contributed by atoms with van der Waals surface area (Å²) in [5.74, 6) is 1.36. The highest BCUT2D eigenvalue weighted by Crippen LogP contribution is 2.33. The molecule has 1 aliphatic heterocycles. The van der Waals surface area contributed by atoms with E-state index < -0.39 is 0 Å². The maximum atomic E-state index is 12.7. The van der Waals surface area contributed by atoms with Crippen LogP contribution in [0.4, 0.5) is 5.69 Å². The number of ether oxygens (including phenoxy) is 1. The zero-order valence-electron chi connectivity index (χ0n) is 15.2. The van der Waals surface area contributed by atoms with Crippen molar-refractivity contribution in [1.82, 2.24) is 4.90 Å². The largest absolute Gasteiger partial charge is 0.455 e. The van der Waals surface area contributed by atoms with E-state index in [-0.39, 0.29) is 11.9 Å². The highest BCUT2D eigenvalue weighted by Gasteiger charge is 2.26. The predicted molar refractivity (Wildman–Crippen MR) is 110 cm³/mol. The summed E-state index contributed by atoms with van der Waals surface area (Å²) in [7, 11) is 0. The summed E-state index contributed by atoms with van der Waals surface area (Å²) in [5, 5.41) is 5.15. The number of hydrogen-bond donors (Lipinski definition) is 1. The van der Waals surface area contributed by atoms with E-state index in [0.29, 0.717) is 18.0 Å². The molecule has 1 amide bonds.